The summed E-state index contributed by atoms with van der Waals surface area (Å²) in [6.45, 7) is 1.14. The lowest BCUT2D eigenvalue weighted by Gasteiger charge is -2.11. The lowest BCUT2D eigenvalue weighted by molar-refractivity contribution is 0.185. The van der Waals surface area contributed by atoms with Crippen LogP contribution in [0.5, 0.6) is 11.5 Å². The van der Waals surface area contributed by atoms with Crippen LogP contribution in [0.2, 0.25) is 0 Å². The number of hydrogen-bond acceptors (Lipinski definition) is 4. The molecule has 2 rings (SSSR count). The molecule has 2 aromatic carbocycles. The lowest BCUT2D eigenvalue weighted by atomic mass is 10.1. The zero-order valence-electron chi connectivity index (χ0n) is 16.0. The van der Waals surface area contributed by atoms with Crippen molar-refractivity contribution < 1.29 is 14.2 Å². The number of hydrogen-bond donors (Lipinski definition) is 2. The predicted molar refractivity (Wildman–Crippen MR) is 121 cm³/mol. The van der Waals surface area contributed by atoms with Crippen LogP contribution in [0.4, 0.5) is 5.69 Å². The monoisotopic (exact) mass is 485 g/mol. The molecule has 3 N–H and O–H groups in total. The molecule has 0 aliphatic heterocycles. The number of anilines is 1. The molecule has 0 aliphatic rings. The Bertz CT molecular complexity index is 738. The van der Waals surface area contributed by atoms with Crippen LogP contribution in [-0.4, -0.2) is 33.8 Å². The number of benzene rings is 2. The molecule has 0 saturated heterocycles. The summed E-state index contributed by atoms with van der Waals surface area (Å²) in [7, 11) is 4.99. The van der Waals surface area contributed by atoms with Crippen molar-refractivity contribution >= 4 is 35.6 Å². The summed E-state index contributed by atoms with van der Waals surface area (Å²) in [4.78, 5) is 4.40. The van der Waals surface area contributed by atoms with Crippen LogP contribution in [0, 0.1) is 0 Å². The Morgan fingerprint density at radius 1 is 1.04 bits per heavy atom. The van der Waals surface area contributed by atoms with E-state index < -0.39 is 0 Å². The highest BCUT2D eigenvalue weighted by Gasteiger charge is 2.05. The maximum Gasteiger partial charge on any atom is 0.193 e. The zero-order chi connectivity index (χ0) is 18.8. The minimum atomic E-state index is 0. The van der Waals surface area contributed by atoms with Gasteiger partial charge in [0.05, 0.1) is 20.8 Å². The minimum absolute atomic E-state index is 0. The van der Waals surface area contributed by atoms with Crippen molar-refractivity contribution in [3.8, 4) is 11.5 Å². The predicted octanol–water partition coefficient (Wildman–Crippen LogP) is 3.83. The molecule has 2 aromatic rings. The smallest absolute Gasteiger partial charge is 0.193 e. The Balaban J connectivity index is 0.00000364. The van der Waals surface area contributed by atoms with Crippen molar-refractivity contribution in [3.63, 3.8) is 0 Å². The largest absolute Gasteiger partial charge is 0.497 e. The highest BCUT2D eigenvalue weighted by molar-refractivity contribution is 14.0. The summed E-state index contributed by atoms with van der Waals surface area (Å²) >= 11 is 0. The number of ether oxygens (including phenoxy) is 3. The first-order chi connectivity index (χ1) is 12.7. The quantitative estimate of drug-likeness (QED) is 0.244. The van der Waals surface area contributed by atoms with E-state index in [4.69, 9.17) is 19.9 Å². The molecule has 0 aromatic heterocycles. The number of aryl methyl sites for hydroxylation is 1. The molecule has 0 saturated carbocycles. The van der Waals surface area contributed by atoms with Crippen molar-refractivity contribution in [3.05, 3.63) is 53.6 Å². The van der Waals surface area contributed by atoms with Crippen LogP contribution in [-0.2, 0) is 17.8 Å². The molecule has 0 radical (unpaired) electrons. The fourth-order valence-electron chi connectivity index (χ4n) is 2.65. The normalized spacial score (nSPS) is 10.9. The van der Waals surface area contributed by atoms with Crippen molar-refractivity contribution in [2.24, 2.45) is 10.7 Å². The highest BCUT2D eigenvalue weighted by Crippen LogP contribution is 2.25. The van der Waals surface area contributed by atoms with Gasteiger partial charge >= 0.3 is 0 Å². The summed E-state index contributed by atoms with van der Waals surface area (Å²) in [5, 5.41) is 3.14. The van der Waals surface area contributed by atoms with Gasteiger partial charge in [0.25, 0.3) is 0 Å². The number of methoxy groups -OCH3 is 3. The molecule has 0 spiro atoms. The van der Waals surface area contributed by atoms with E-state index in [1.165, 1.54) is 0 Å². The fourth-order valence-corrected chi connectivity index (χ4v) is 2.65. The standard InChI is InChI=1S/C20H27N3O3.HI/c1-24-14-16-7-4-5-9-18(16)23-20(21)22-12-6-8-15-13-17(25-2)10-11-19(15)26-3;/h4-5,7,9-11,13H,6,8,12,14H2,1-3H3,(H3,21,22,23);1H. The second kappa shape index (κ2) is 12.4. The van der Waals surface area contributed by atoms with Crippen LogP contribution in [0.15, 0.2) is 47.5 Å². The average molecular weight is 485 g/mol. The molecule has 27 heavy (non-hydrogen) atoms. The molecule has 0 amide bonds. The van der Waals surface area contributed by atoms with Crippen molar-refractivity contribution in [1.29, 1.82) is 0 Å². The van der Waals surface area contributed by atoms with Gasteiger partial charge in [0.2, 0.25) is 0 Å². The Kier molecular flexibility index (Phi) is 10.6. The molecule has 148 valence electrons. The number of nitrogens with zero attached hydrogens (tertiary/aromatic N) is 1. The third-order valence-electron chi connectivity index (χ3n) is 3.95. The van der Waals surface area contributed by atoms with Crippen LogP contribution >= 0.6 is 24.0 Å². The average Bonchev–Trinajstić information content (AvgIpc) is 2.66. The summed E-state index contributed by atoms with van der Waals surface area (Å²) in [6, 6.07) is 13.7. The Labute approximate surface area is 178 Å². The number of aliphatic imine (C=N–C) groups is 1. The number of para-hydroxylation sites is 1. The van der Waals surface area contributed by atoms with E-state index >= 15 is 0 Å². The summed E-state index contributed by atoms with van der Waals surface area (Å²) < 4.78 is 15.9. The van der Waals surface area contributed by atoms with E-state index in [-0.39, 0.29) is 24.0 Å². The molecule has 7 heteroatoms. The van der Waals surface area contributed by atoms with Gasteiger partial charge in [-0.05, 0) is 42.7 Å². The number of nitrogens with two attached hydrogens (primary N) is 1. The number of nitrogens with one attached hydrogen (secondary N) is 1. The maximum absolute atomic E-state index is 6.01. The number of rotatable bonds is 9. The van der Waals surface area contributed by atoms with Gasteiger partial charge in [-0.15, -0.1) is 24.0 Å². The van der Waals surface area contributed by atoms with E-state index in [2.05, 4.69) is 10.3 Å². The van der Waals surface area contributed by atoms with Crippen LogP contribution < -0.4 is 20.5 Å². The second-order valence-corrected chi connectivity index (χ2v) is 5.76. The van der Waals surface area contributed by atoms with Crippen molar-refractivity contribution in [2.45, 2.75) is 19.4 Å². The van der Waals surface area contributed by atoms with Crippen LogP contribution in [0.3, 0.4) is 0 Å². The van der Waals surface area contributed by atoms with Gasteiger partial charge in [-0.1, -0.05) is 18.2 Å². The molecule has 6 nitrogen and oxygen atoms in total. The van der Waals surface area contributed by atoms with Crippen LogP contribution in [0.1, 0.15) is 17.5 Å². The van der Waals surface area contributed by atoms with E-state index in [1.807, 2.05) is 42.5 Å². The summed E-state index contributed by atoms with van der Waals surface area (Å²) in [6.07, 6.45) is 1.68. The second-order valence-electron chi connectivity index (χ2n) is 5.76. The third kappa shape index (κ3) is 7.26. The Morgan fingerprint density at radius 3 is 2.52 bits per heavy atom. The molecular weight excluding hydrogens is 457 g/mol. The summed E-state index contributed by atoms with van der Waals surface area (Å²) in [5.74, 6) is 2.07. The minimum Gasteiger partial charge on any atom is -0.497 e. The van der Waals surface area contributed by atoms with Crippen molar-refractivity contribution in [2.75, 3.05) is 33.2 Å². The number of halogens is 1. The van der Waals surface area contributed by atoms with Gasteiger partial charge in [-0.2, -0.15) is 0 Å². The van der Waals surface area contributed by atoms with Gasteiger partial charge in [-0.3, -0.25) is 4.99 Å². The summed E-state index contributed by atoms with van der Waals surface area (Å²) in [5.41, 5.74) is 9.05. The first-order valence-corrected chi connectivity index (χ1v) is 8.52. The highest BCUT2D eigenvalue weighted by atomic mass is 127. The first-order valence-electron chi connectivity index (χ1n) is 8.52. The van der Waals surface area contributed by atoms with Gasteiger partial charge in [0, 0.05) is 24.9 Å². The maximum atomic E-state index is 6.01. The Hall–Kier alpha value is -2.00. The topological polar surface area (TPSA) is 78.1 Å². The van der Waals surface area contributed by atoms with E-state index in [0.29, 0.717) is 19.1 Å². The molecule has 0 unspecified atom stereocenters. The SMILES string of the molecule is COCc1ccccc1NC(N)=NCCCc1cc(OC)ccc1OC.I. The van der Waals surface area contributed by atoms with Crippen molar-refractivity contribution in [1.82, 2.24) is 0 Å². The van der Waals surface area contributed by atoms with Gasteiger partial charge in [0.15, 0.2) is 5.96 Å². The van der Waals surface area contributed by atoms with Crippen LogP contribution in [0.25, 0.3) is 0 Å². The van der Waals surface area contributed by atoms with E-state index in [1.54, 1.807) is 21.3 Å². The third-order valence-corrected chi connectivity index (χ3v) is 3.95. The first kappa shape index (κ1) is 23.0. The van der Waals surface area contributed by atoms with E-state index in [9.17, 15) is 0 Å². The van der Waals surface area contributed by atoms with Gasteiger partial charge in [0.1, 0.15) is 11.5 Å². The molecule has 0 atom stereocenters. The molecule has 0 bridgehead atoms. The zero-order valence-corrected chi connectivity index (χ0v) is 18.4. The van der Waals surface area contributed by atoms with Gasteiger partial charge in [-0.25, -0.2) is 0 Å². The van der Waals surface area contributed by atoms with Gasteiger partial charge < -0.3 is 25.3 Å². The Morgan fingerprint density at radius 2 is 1.81 bits per heavy atom. The number of guanidine groups is 1. The molecule has 0 heterocycles. The molecular formula is C20H28IN3O3. The molecule has 0 aliphatic carbocycles. The van der Waals surface area contributed by atoms with E-state index in [0.717, 1.165) is 41.2 Å². The fraction of sp³-hybridized carbons (Fsp3) is 0.350. The molecule has 0 fully saturated rings. The lowest BCUT2D eigenvalue weighted by Crippen LogP contribution is -2.23.